The van der Waals surface area contributed by atoms with Crippen molar-refractivity contribution in [3.05, 3.63) is 16.1 Å². The van der Waals surface area contributed by atoms with Gasteiger partial charge in [-0.05, 0) is 20.8 Å². The molecule has 0 aliphatic heterocycles. The lowest BCUT2D eigenvalue weighted by Crippen LogP contribution is -2.29. The first-order valence-electron chi connectivity index (χ1n) is 5.58. The molecule has 0 bridgehead atoms. The number of aromatic carboxylic acids is 1. The van der Waals surface area contributed by atoms with Crippen LogP contribution in [-0.4, -0.2) is 41.8 Å². The van der Waals surface area contributed by atoms with Crippen LogP contribution in [0.2, 0.25) is 0 Å². The summed E-state index contributed by atoms with van der Waals surface area (Å²) in [5.41, 5.74) is -0.653. The van der Waals surface area contributed by atoms with E-state index in [1.807, 2.05) is 0 Å². The number of rotatable bonds is 5. The van der Waals surface area contributed by atoms with Gasteiger partial charge in [-0.15, -0.1) is 11.3 Å². The van der Waals surface area contributed by atoms with Gasteiger partial charge < -0.3 is 9.84 Å². The Bertz CT molecular complexity index is 611. The molecule has 0 atom stereocenters. The van der Waals surface area contributed by atoms with Gasteiger partial charge in [0.2, 0.25) is 5.01 Å². The van der Waals surface area contributed by atoms with Crippen LogP contribution in [0.4, 0.5) is 0 Å². The minimum absolute atomic E-state index is 0.107. The summed E-state index contributed by atoms with van der Waals surface area (Å²) in [6, 6.07) is 0. The summed E-state index contributed by atoms with van der Waals surface area (Å²) in [6.45, 7) is 4.91. The van der Waals surface area contributed by atoms with Gasteiger partial charge in [0, 0.05) is 5.38 Å². The van der Waals surface area contributed by atoms with E-state index in [1.54, 1.807) is 20.8 Å². The molecule has 1 aromatic rings. The Morgan fingerprint density at radius 1 is 1.40 bits per heavy atom. The molecule has 20 heavy (non-hydrogen) atoms. The first kappa shape index (κ1) is 16.6. The first-order chi connectivity index (χ1) is 8.98. The van der Waals surface area contributed by atoms with Gasteiger partial charge in [-0.2, -0.15) is 0 Å². The van der Waals surface area contributed by atoms with Crippen LogP contribution in [0.15, 0.2) is 5.38 Å². The Kier molecular flexibility index (Phi) is 4.87. The Labute approximate surface area is 120 Å². The molecule has 0 saturated heterocycles. The molecule has 0 amide bonds. The second-order valence-corrected chi connectivity index (χ2v) is 7.99. The monoisotopic (exact) mass is 321 g/mol. The smallest absolute Gasteiger partial charge is 0.365 e. The van der Waals surface area contributed by atoms with Crippen LogP contribution in [0, 0.1) is 0 Å². The molecule has 1 aromatic heterocycles. The van der Waals surface area contributed by atoms with Crippen molar-refractivity contribution >= 4 is 33.1 Å². The van der Waals surface area contributed by atoms with E-state index in [4.69, 9.17) is 9.84 Å². The van der Waals surface area contributed by atoms with Crippen LogP contribution in [0.1, 0.15) is 36.3 Å². The number of carboxylic acid groups (broad SMARTS) is 1. The van der Waals surface area contributed by atoms with Crippen molar-refractivity contribution in [2.75, 3.05) is 5.75 Å². The van der Waals surface area contributed by atoms with E-state index in [0.29, 0.717) is 0 Å². The molecule has 0 saturated carbocycles. The molecular formula is C11H15NO6S2. The molecule has 0 aromatic carbocycles. The molecule has 1 N–H and O–H groups in total. The third-order valence-electron chi connectivity index (χ3n) is 1.86. The van der Waals surface area contributed by atoms with Crippen molar-refractivity contribution in [2.24, 2.45) is 0 Å². The highest BCUT2D eigenvalue weighted by Gasteiger charge is 2.24. The molecule has 1 rings (SSSR count). The summed E-state index contributed by atoms with van der Waals surface area (Å²) in [7, 11) is -3.74. The summed E-state index contributed by atoms with van der Waals surface area (Å²) in [4.78, 5) is 25.8. The lowest BCUT2D eigenvalue weighted by molar-refractivity contribution is -0.151. The van der Waals surface area contributed by atoms with Gasteiger partial charge in [0.15, 0.2) is 9.84 Å². The SMILES string of the molecule is CC(C)(C)OC(=O)CS(=O)(=O)Cc1csc(C(=O)O)n1. The standard InChI is InChI=1S/C11H15NO6S2/c1-11(2,3)18-8(13)6-20(16,17)5-7-4-19-9(12-7)10(14)15/h4H,5-6H2,1-3H3,(H,14,15). The highest BCUT2D eigenvalue weighted by molar-refractivity contribution is 7.91. The summed E-state index contributed by atoms with van der Waals surface area (Å²) >= 11 is 0.836. The van der Waals surface area contributed by atoms with E-state index in [0.717, 1.165) is 11.3 Å². The molecular weight excluding hydrogens is 306 g/mol. The van der Waals surface area contributed by atoms with Crippen LogP contribution < -0.4 is 0 Å². The second kappa shape index (κ2) is 5.88. The van der Waals surface area contributed by atoms with Crippen molar-refractivity contribution in [3.8, 4) is 0 Å². The van der Waals surface area contributed by atoms with Gasteiger partial charge in [0.1, 0.15) is 11.4 Å². The summed E-state index contributed by atoms with van der Waals surface area (Å²) in [5.74, 6) is -3.31. The van der Waals surface area contributed by atoms with Crippen LogP contribution >= 0.6 is 11.3 Å². The number of aromatic nitrogens is 1. The molecule has 1 heterocycles. The molecule has 0 aliphatic rings. The van der Waals surface area contributed by atoms with Crippen LogP contribution in [0.5, 0.6) is 0 Å². The van der Waals surface area contributed by atoms with E-state index < -0.39 is 38.9 Å². The van der Waals surface area contributed by atoms with E-state index in [9.17, 15) is 18.0 Å². The Morgan fingerprint density at radius 3 is 2.45 bits per heavy atom. The normalized spacial score (nSPS) is 12.2. The maximum Gasteiger partial charge on any atom is 0.365 e. The lowest BCUT2D eigenvalue weighted by Gasteiger charge is -2.19. The minimum Gasteiger partial charge on any atom is -0.476 e. The molecule has 0 spiro atoms. The molecule has 0 unspecified atom stereocenters. The predicted molar refractivity (Wildman–Crippen MR) is 72.4 cm³/mol. The number of thiazole rings is 1. The summed E-state index contributed by atoms with van der Waals surface area (Å²) in [6.07, 6.45) is 0. The van der Waals surface area contributed by atoms with Crippen molar-refractivity contribution < 1.29 is 27.9 Å². The maximum atomic E-state index is 11.8. The van der Waals surface area contributed by atoms with Crippen molar-refractivity contribution in [1.82, 2.24) is 4.98 Å². The average Bonchev–Trinajstić information content (AvgIpc) is 2.60. The fourth-order valence-corrected chi connectivity index (χ4v) is 3.18. The second-order valence-electron chi connectivity index (χ2n) is 5.07. The molecule has 9 heteroatoms. The van der Waals surface area contributed by atoms with Gasteiger partial charge in [-0.25, -0.2) is 18.2 Å². The van der Waals surface area contributed by atoms with E-state index >= 15 is 0 Å². The highest BCUT2D eigenvalue weighted by Crippen LogP contribution is 2.14. The fourth-order valence-electron chi connectivity index (χ4n) is 1.30. The minimum atomic E-state index is -3.74. The predicted octanol–water partition coefficient (Wildman–Crippen LogP) is 1.10. The molecule has 0 fully saturated rings. The number of esters is 1. The molecule has 112 valence electrons. The fraction of sp³-hybridized carbons (Fsp3) is 0.545. The van der Waals surface area contributed by atoms with Gasteiger partial charge in [0.05, 0.1) is 11.4 Å². The van der Waals surface area contributed by atoms with Crippen LogP contribution in [0.25, 0.3) is 0 Å². The number of sulfone groups is 1. The third-order valence-corrected chi connectivity index (χ3v) is 4.15. The largest absolute Gasteiger partial charge is 0.476 e. The van der Waals surface area contributed by atoms with E-state index in [-0.39, 0.29) is 10.7 Å². The number of hydrogen-bond donors (Lipinski definition) is 1. The quantitative estimate of drug-likeness (QED) is 0.808. The number of carboxylic acids is 1. The topological polar surface area (TPSA) is 111 Å². The zero-order valence-corrected chi connectivity index (χ0v) is 12.9. The number of hydrogen-bond acceptors (Lipinski definition) is 7. The molecule has 7 nitrogen and oxygen atoms in total. The van der Waals surface area contributed by atoms with Gasteiger partial charge in [-0.1, -0.05) is 0 Å². The number of nitrogens with zero attached hydrogens (tertiary/aromatic N) is 1. The zero-order chi connectivity index (χ0) is 15.6. The number of carbonyl (C=O) groups excluding carboxylic acids is 1. The first-order valence-corrected chi connectivity index (χ1v) is 8.28. The van der Waals surface area contributed by atoms with E-state index in [2.05, 4.69) is 4.98 Å². The summed E-state index contributed by atoms with van der Waals surface area (Å²) < 4.78 is 28.5. The van der Waals surface area contributed by atoms with Gasteiger partial charge in [0.25, 0.3) is 0 Å². The van der Waals surface area contributed by atoms with Crippen molar-refractivity contribution in [3.63, 3.8) is 0 Å². The zero-order valence-electron chi connectivity index (χ0n) is 11.2. The maximum absolute atomic E-state index is 11.8. The average molecular weight is 321 g/mol. The van der Waals surface area contributed by atoms with Gasteiger partial charge >= 0.3 is 11.9 Å². The Morgan fingerprint density at radius 2 is 2.00 bits per heavy atom. The molecule has 0 radical (unpaired) electrons. The van der Waals surface area contributed by atoms with Crippen molar-refractivity contribution in [1.29, 1.82) is 0 Å². The third kappa shape index (κ3) is 5.66. The Hall–Kier alpha value is -1.48. The van der Waals surface area contributed by atoms with Crippen molar-refractivity contribution in [2.45, 2.75) is 32.1 Å². The number of ether oxygens (including phenoxy) is 1. The van der Waals surface area contributed by atoms with Gasteiger partial charge in [-0.3, -0.25) is 4.79 Å². The Balaban J connectivity index is 2.70. The summed E-state index contributed by atoms with van der Waals surface area (Å²) in [5, 5.41) is 9.85. The van der Waals surface area contributed by atoms with E-state index in [1.165, 1.54) is 5.38 Å². The van der Waals surface area contributed by atoms with Crippen LogP contribution in [-0.2, 0) is 25.1 Å². The number of carbonyl (C=O) groups is 2. The highest BCUT2D eigenvalue weighted by atomic mass is 32.2. The van der Waals surface area contributed by atoms with Crippen LogP contribution in [0.3, 0.4) is 0 Å². The lowest BCUT2D eigenvalue weighted by atomic mass is 10.2. The molecule has 0 aliphatic carbocycles.